The van der Waals surface area contributed by atoms with Crippen LogP contribution in [0.2, 0.25) is 0 Å². The number of rotatable bonds is 5. The average Bonchev–Trinajstić information content (AvgIpc) is 3.28. The Bertz CT molecular complexity index is 1120. The van der Waals surface area contributed by atoms with E-state index >= 15 is 0 Å². The van der Waals surface area contributed by atoms with Crippen LogP contribution in [0.1, 0.15) is 17.5 Å². The summed E-state index contributed by atoms with van der Waals surface area (Å²) in [6.45, 7) is 3.38. The highest BCUT2D eigenvalue weighted by atomic mass is 16.5. The van der Waals surface area contributed by atoms with E-state index in [1.807, 2.05) is 43.3 Å². The molecule has 3 aromatic rings. The Hall–Kier alpha value is -3.92. The molecule has 0 aliphatic carbocycles. The van der Waals surface area contributed by atoms with Crippen molar-refractivity contribution in [2.45, 2.75) is 13.3 Å². The Morgan fingerprint density at radius 2 is 1.90 bits per heavy atom. The summed E-state index contributed by atoms with van der Waals surface area (Å²) in [5, 5.41) is 18.2. The molecule has 1 fully saturated rings. The third kappa shape index (κ3) is 4.64. The number of hydrogen-bond donors (Lipinski definition) is 1. The molecule has 2 aromatic carbocycles. The topological polar surface area (TPSA) is 99.3 Å². The molecular formula is C24H22N4O3. The van der Waals surface area contributed by atoms with Crippen LogP contribution in [0.3, 0.4) is 0 Å². The van der Waals surface area contributed by atoms with Gasteiger partial charge in [0.15, 0.2) is 0 Å². The predicted molar refractivity (Wildman–Crippen MR) is 116 cm³/mol. The number of nitrogens with zero attached hydrogens (tertiary/aromatic N) is 4. The van der Waals surface area contributed by atoms with Crippen LogP contribution in [-0.4, -0.2) is 45.8 Å². The van der Waals surface area contributed by atoms with Crippen molar-refractivity contribution >= 4 is 6.09 Å². The van der Waals surface area contributed by atoms with Crippen molar-refractivity contribution in [3.05, 3.63) is 65.9 Å². The van der Waals surface area contributed by atoms with Crippen LogP contribution in [0.25, 0.3) is 22.4 Å². The minimum Gasteiger partial charge on any atom is -0.465 e. The molecular weight excluding hydrogens is 392 g/mol. The van der Waals surface area contributed by atoms with Crippen molar-refractivity contribution in [3.8, 4) is 34.5 Å². The van der Waals surface area contributed by atoms with E-state index in [4.69, 9.17) is 15.1 Å². The lowest BCUT2D eigenvalue weighted by Gasteiger charge is -2.14. The molecule has 1 atom stereocenters. The van der Waals surface area contributed by atoms with Gasteiger partial charge >= 0.3 is 12.1 Å². The molecule has 0 radical (unpaired) electrons. The Kier molecular flexibility index (Phi) is 5.80. The number of aromatic nitrogens is 2. The van der Waals surface area contributed by atoms with E-state index < -0.39 is 6.09 Å². The van der Waals surface area contributed by atoms with E-state index in [-0.39, 0.29) is 11.9 Å². The number of aryl methyl sites for hydroxylation is 1. The van der Waals surface area contributed by atoms with Crippen molar-refractivity contribution in [1.29, 1.82) is 5.26 Å². The number of carbonyl (C=O) groups is 1. The van der Waals surface area contributed by atoms with Gasteiger partial charge in [-0.25, -0.2) is 9.78 Å². The molecule has 1 N–H and O–H groups in total. The smallest absolute Gasteiger partial charge is 0.407 e. The van der Waals surface area contributed by atoms with E-state index in [0.717, 1.165) is 34.4 Å². The molecule has 156 valence electrons. The van der Waals surface area contributed by atoms with Gasteiger partial charge in [0.1, 0.15) is 0 Å². The van der Waals surface area contributed by atoms with Crippen LogP contribution >= 0.6 is 0 Å². The normalized spacial score (nSPS) is 15.5. The molecule has 7 heteroatoms. The van der Waals surface area contributed by atoms with Gasteiger partial charge in [-0.05, 0) is 31.0 Å². The van der Waals surface area contributed by atoms with Crippen LogP contribution in [0.4, 0.5) is 4.79 Å². The zero-order valence-corrected chi connectivity index (χ0v) is 17.2. The highest BCUT2D eigenvalue weighted by Gasteiger charge is 2.26. The van der Waals surface area contributed by atoms with Crippen molar-refractivity contribution in [2.75, 3.05) is 19.7 Å². The number of likely N-dealkylation sites (tertiary alicyclic amines) is 1. The van der Waals surface area contributed by atoms with Crippen molar-refractivity contribution in [1.82, 2.24) is 14.9 Å². The number of hydrogen-bond acceptors (Lipinski definition) is 5. The van der Waals surface area contributed by atoms with Gasteiger partial charge in [-0.3, -0.25) is 0 Å². The summed E-state index contributed by atoms with van der Waals surface area (Å²) in [4.78, 5) is 21.6. The fourth-order valence-electron chi connectivity index (χ4n) is 3.64. The summed E-state index contributed by atoms with van der Waals surface area (Å²) < 4.78 is 5.84. The lowest BCUT2D eigenvalue weighted by atomic mass is 9.99. The summed E-state index contributed by atoms with van der Waals surface area (Å²) in [5.41, 5.74) is 5.18. The minimum atomic E-state index is -0.899. The number of carboxylic acid groups (broad SMARTS) is 1. The fraction of sp³-hybridized carbons (Fsp3) is 0.250. The quantitative estimate of drug-likeness (QED) is 0.666. The zero-order chi connectivity index (χ0) is 21.8. The third-order valence-corrected chi connectivity index (χ3v) is 5.42. The zero-order valence-electron chi connectivity index (χ0n) is 17.2. The second-order valence-corrected chi connectivity index (χ2v) is 7.66. The molecule has 1 amide bonds. The first-order valence-electron chi connectivity index (χ1n) is 10.1. The van der Waals surface area contributed by atoms with Crippen LogP contribution < -0.4 is 4.74 Å². The first-order valence-corrected chi connectivity index (χ1v) is 10.1. The molecule has 1 aliphatic heterocycles. The lowest BCUT2D eigenvalue weighted by Crippen LogP contribution is -2.27. The van der Waals surface area contributed by atoms with Crippen molar-refractivity contribution in [3.63, 3.8) is 0 Å². The van der Waals surface area contributed by atoms with Crippen molar-refractivity contribution < 1.29 is 14.6 Å². The van der Waals surface area contributed by atoms with E-state index in [1.54, 1.807) is 18.3 Å². The molecule has 0 spiro atoms. The number of amides is 1. The van der Waals surface area contributed by atoms with Gasteiger partial charge in [0.2, 0.25) is 0 Å². The highest BCUT2D eigenvalue weighted by Crippen LogP contribution is 2.32. The summed E-state index contributed by atoms with van der Waals surface area (Å²) in [7, 11) is 0. The van der Waals surface area contributed by atoms with Gasteiger partial charge in [-0.2, -0.15) is 10.2 Å². The SMILES string of the molecule is Cc1ccc(-c2cnc(OC[C@@H]3CCN(C(=O)O)C3)nc2-c2ccc(C#N)cc2)cc1. The molecule has 0 saturated carbocycles. The van der Waals surface area contributed by atoms with E-state index in [9.17, 15) is 4.79 Å². The lowest BCUT2D eigenvalue weighted by molar-refractivity contribution is 0.151. The molecule has 1 aromatic heterocycles. The second-order valence-electron chi connectivity index (χ2n) is 7.66. The van der Waals surface area contributed by atoms with Gasteiger partial charge in [0.25, 0.3) is 0 Å². The molecule has 2 heterocycles. The molecule has 4 rings (SSSR count). The Morgan fingerprint density at radius 3 is 2.55 bits per heavy atom. The van der Waals surface area contributed by atoms with Gasteiger partial charge < -0.3 is 14.7 Å². The first kappa shape index (κ1) is 20.4. The van der Waals surface area contributed by atoms with Crippen LogP contribution in [0, 0.1) is 24.2 Å². The number of benzene rings is 2. The summed E-state index contributed by atoms with van der Waals surface area (Å²) >= 11 is 0. The summed E-state index contributed by atoms with van der Waals surface area (Å²) in [5.74, 6) is 0.120. The molecule has 31 heavy (non-hydrogen) atoms. The standard InChI is InChI=1S/C24H22N4O3/c1-16-2-6-19(7-3-16)21-13-26-23(31-15-18-10-11-28(14-18)24(29)30)27-22(21)20-8-4-17(12-25)5-9-20/h2-9,13,18H,10-11,14-15H2,1H3,(H,29,30)/t18-/m1/s1. The third-order valence-electron chi connectivity index (χ3n) is 5.42. The van der Waals surface area contributed by atoms with Crippen molar-refractivity contribution in [2.24, 2.45) is 5.92 Å². The van der Waals surface area contributed by atoms with Gasteiger partial charge in [0.05, 0.1) is 23.9 Å². The highest BCUT2D eigenvalue weighted by molar-refractivity contribution is 5.80. The molecule has 0 bridgehead atoms. The largest absolute Gasteiger partial charge is 0.465 e. The maximum atomic E-state index is 11.1. The van der Waals surface area contributed by atoms with E-state index in [2.05, 4.69) is 16.0 Å². The maximum absolute atomic E-state index is 11.1. The molecule has 1 aliphatic rings. The number of ether oxygens (including phenoxy) is 1. The van der Waals surface area contributed by atoms with Crippen LogP contribution in [0.5, 0.6) is 6.01 Å². The molecule has 0 unspecified atom stereocenters. The summed E-state index contributed by atoms with van der Waals surface area (Å²) in [6, 6.07) is 17.8. The molecule has 7 nitrogen and oxygen atoms in total. The number of nitriles is 1. The Labute approximate surface area is 180 Å². The monoisotopic (exact) mass is 414 g/mol. The average molecular weight is 414 g/mol. The van der Waals surface area contributed by atoms with Gasteiger partial charge in [0, 0.05) is 36.3 Å². The Morgan fingerprint density at radius 1 is 1.19 bits per heavy atom. The predicted octanol–water partition coefficient (Wildman–Crippen LogP) is 4.37. The van der Waals surface area contributed by atoms with Crippen LogP contribution in [-0.2, 0) is 0 Å². The second kappa shape index (κ2) is 8.84. The van der Waals surface area contributed by atoms with E-state index in [1.165, 1.54) is 4.90 Å². The fourth-order valence-corrected chi connectivity index (χ4v) is 3.64. The first-order chi connectivity index (χ1) is 15.0. The maximum Gasteiger partial charge on any atom is 0.407 e. The Balaban J connectivity index is 1.61. The van der Waals surface area contributed by atoms with Gasteiger partial charge in [-0.1, -0.05) is 42.0 Å². The summed E-state index contributed by atoms with van der Waals surface area (Å²) in [6.07, 6.45) is 1.61. The van der Waals surface area contributed by atoms with Crippen LogP contribution in [0.15, 0.2) is 54.7 Å². The van der Waals surface area contributed by atoms with Gasteiger partial charge in [-0.15, -0.1) is 0 Å². The minimum absolute atomic E-state index is 0.120. The van der Waals surface area contributed by atoms with E-state index in [0.29, 0.717) is 25.3 Å². The molecule has 1 saturated heterocycles.